The molecule has 0 fully saturated rings. The molecule has 180 valence electrons. The van der Waals surface area contributed by atoms with E-state index in [2.05, 4.69) is 10.6 Å². The van der Waals surface area contributed by atoms with Crippen molar-refractivity contribution >= 4 is 34.8 Å². The smallest absolute Gasteiger partial charge is 0.230 e. The summed E-state index contributed by atoms with van der Waals surface area (Å²) in [5.41, 5.74) is 2.05. The molecule has 0 saturated heterocycles. The molecule has 2 aromatic carbocycles. The molecule has 0 saturated carbocycles. The van der Waals surface area contributed by atoms with E-state index in [-0.39, 0.29) is 34.5 Å². The van der Waals surface area contributed by atoms with E-state index in [9.17, 15) is 19.2 Å². The fourth-order valence-corrected chi connectivity index (χ4v) is 3.63. The van der Waals surface area contributed by atoms with E-state index in [0.29, 0.717) is 57.4 Å². The molecule has 3 rings (SSSR count). The molecule has 0 spiro atoms. The Hall–Kier alpha value is -3.36. The van der Waals surface area contributed by atoms with E-state index in [4.69, 9.17) is 0 Å². The van der Waals surface area contributed by atoms with Crippen molar-refractivity contribution in [3.05, 3.63) is 58.7 Å². The molecule has 34 heavy (non-hydrogen) atoms. The monoisotopic (exact) mass is 466 g/mol. The van der Waals surface area contributed by atoms with E-state index in [1.54, 1.807) is 36.4 Å². The molecule has 2 N–H and O–H groups in total. The number of quaternary nitrogens is 2. The number of anilines is 2. The molecule has 0 radical (unpaired) electrons. The van der Waals surface area contributed by atoms with Crippen molar-refractivity contribution in [1.82, 2.24) is 0 Å². The standard InChI is InChI=1S/C26H32N4O4/c1-29(2,3)13-11-23(31)27-17-7-9-19-21(15-17)26(34)22-16-18(8-10-20(22)25(19)33)28-24(32)12-14-30(4,5)6/h7-10,15-16H,11-14H2,1-6H3/p+2. The Morgan fingerprint density at radius 2 is 0.971 bits per heavy atom. The predicted molar refractivity (Wildman–Crippen MR) is 132 cm³/mol. The van der Waals surface area contributed by atoms with Crippen LogP contribution in [0.1, 0.15) is 44.7 Å². The zero-order valence-electron chi connectivity index (χ0n) is 20.8. The van der Waals surface area contributed by atoms with Crippen LogP contribution in [0, 0.1) is 0 Å². The second kappa shape index (κ2) is 9.48. The largest absolute Gasteiger partial charge is 0.330 e. The maximum absolute atomic E-state index is 13.3. The van der Waals surface area contributed by atoms with Crippen molar-refractivity contribution in [3.63, 3.8) is 0 Å². The topological polar surface area (TPSA) is 92.3 Å². The van der Waals surface area contributed by atoms with Gasteiger partial charge in [-0.25, -0.2) is 0 Å². The Balaban J connectivity index is 1.79. The van der Waals surface area contributed by atoms with E-state index in [1.165, 1.54) is 0 Å². The van der Waals surface area contributed by atoms with Gasteiger partial charge in [0.1, 0.15) is 0 Å². The Morgan fingerprint density at radius 3 is 1.32 bits per heavy atom. The highest BCUT2D eigenvalue weighted by Gasteiger charge is 2.30. The van der Waals surface area contributed by atoms with Crippen LogP contribution >= 0.6 is 0 Å². The minimum Gasteiger partial charge on any atom is -0.330 e. The van der Waals surface area contributed by atoms with Gasteiger partial charge in [-0.1, -0.05) is 0 Å². The molecule has 0 heterocycles. The molecular weight excluding hydrogens is 432 g/mol. The van der Waals surface area contributed by atoms with Gasteiger partial charge in [-0.15, -0.1) is 0 Å². The highest BCUT2D eigenvalue weighted by molar-refractivity contribution is 6.29. The van der Waals surface area contributed by atoms with Crippen molar-refractivity contribution in [1.29, 1.82) is 0 Å². The molecule has 2 amide bonds. The number of nitrogens with zero attached hydrogens (tertiary/aromatic N) is 2. The lowest BCUT2D eigenvalue weighted by Crippen LogP contribution is -2.37. The number of rotatable bonds is 8. The van der Waals surface area contributed by atoms with Gasteiger partial charge in [0.25, 0.3) is 0 Å². The molecule has 2 aromatic rings. The second-order valence-corrected chi connectivity index (χ2v) is 10.8. The summed E-state index contributed by atoms with van der Waals surface area (Å²) in [7, 11) is 12.0. The van der Waals surface area contributed by atoms with Crippen LogP contribution in [0.4, 0.5) is 11.4 Å². The van der Waals surface area contributed by atoms with Crippen molar-refractivity contribution in [3.8, 4) is 0 Å². The molecule has 0 aromatic heterocycles. The summed E-state index contributed by atoms with van der Waals surface area (Å²) < 4.78 is 1.32. The van der Waals surface area contributed by atoms with Crippen LogP contribution < -0.4 is 10.6 Å². The van der Waals surface area contributed by atoms with Gasteiger partial charge < -0.3 is 19.6 Å². The summed E-state index contributed by atoms with van der Waals surface area (Å²) in [6, 6.07) is 9.54. The first kappa shape index (κ1) is 25.3. The van der Waals surface area contributed by atoms with Crippen LogP contribution in [0.25, 0.3) is 0 Å². The Morgan fingerprint density at radius 1 is 0.618 bits per heavy atom. The number of amides is 2. The van der Waals surface area contributed by atoms with Gasteiger partial charge in [-0.05, 0) is 36.4 Å². The van der Waals surface area contributed by atoms with Crippen molar-refractivity contribution in [2.45, 2.75) is 12.8 Å². The van der Waals surface area contributed by atoms with Gasteiger partial charge in [0, 0.05) is 33.6 Å². The molecule has 1 aliphatic carbocycles. The maximum Gasteiger partial charge on any atom is 0.230 e. The molecule has 0 atom stereocenters. The van der Waals surface area contributed by atoms with E-state index >= 15 is 0 Å². The first-order valence-corrected chi connectivity index (χ1v) is 11.3. The number of fused-ring (bicyclic) bond motifs is 2. The van der Waals surface area contributed by atoms with Gasteiger partial charge in [0.05, 0.1) is 68.2 Å². The minimum absolute atomic E-state index is 0.151. The fraction of sp³-hybridized carbons (Fsp3) is 0.385. The summed E-state index contributed by atoms with van der Waals surface area (Å²) in [6.07, 6.45) is 0.681. The van der Waals surface area contributed by atoms with Crippen molar-refractivity contribution < 1.29 is 28.1 Å². The van der Waals surface area contributed by atoms with Gasteiger partial charge in [-0.3, -0.25) is 19.2 Å². The minimum atomic E-state index is -0.311. The van der Waals surface area contributed by atoms with E-state index in [0.717, 1.165) is 0 Å². The van der Waals surface area contributed by atoms with Gasteiger partial charge >= 0.3 is 0 Å². The zero-order chi connectivity index (χ0) is 25.3. The molecule has 0 unspecified atom stereocenters. The average molecular weight is 467 g/mol. The lowest BCUT2D eigenvalue weighted by Gasteiger charge is -2.23. The quantitative estimate of drug-likeness (QED) is 0.499. The summed E-state index contributed by atoms with van der Waals surface area (Å²) in [4.78, 5) is 50.9. The molecule has 0 aliphatic heterocycles. The summed E-state index contributed by atoms with van der Waals surface area (Å²) in [6.45, 7) is 1.34. The third-order valence-corrected chi connectivity index (χ3v) is 5.60. The maximum atomic E-state index is 13.3. The molecule has 8 nitrogen and oxygen atoms in total. The van der Waals surface area contributed by atoms with Gasteiger partial charge in [0.15, 0.2) is 11.6 Å². The predicted octanol–water partition coefficient (Wildman–Crippen LogP) is 2.53. The van der Waals surface area contributed by atoms with Crippen LogP contribution in [-0.4, -0.2) is 87.7 Å². The highest BCUT2D eigenvalue weighted by Crippen LogP contribution is 2.31. The number of hydrogen-bond acceptors (Lipinski definition) is 4. The van der Waals surface area contributed by atoms with Gasteiger partial charge in [0.2, 0.25) is 11.8 Å². The number of carbonyl (C=O) groups is 4. The summed E-state index contributed by atoms with van der Waals surface area (Å²) >= 11 is 0. The van der Waals surface area contributed by atoms with Crippen LogP contribution in [0.5, 0.6) is 0 Å². The molecule has 0 bridgehead atoms. The number of hydrogen-bond donors (Lipinski definition) is 2. The highest BCUT2D eigenvalue weighted by atomic mass is 16.2. The fourth-order valence-electron chi connectivity index (χ4n) is 3.63. The van der Waals surface area contributed by atoms with Crippen LogP contribution in [-0.2, 0) is 9.59 Å². The van der Waals surface area contributed by atoms with Crippen molar-refractivity contribution in [2.75, 3.05) is 66.0 Å². The summed E-state index contributed by atoms with van der Waals surface area (Å²) in [5, 5.41) is 5.63. The lowest BCUT2D eigenvalue weighted by atomic mass is 9.83. The third-order valence-electron chi connectivity index (χ3n) is 5.60. The third kappa shape index (κ3) is 6.36. The number of benzene rings is 2. The Labute approximate surface area is 200 Å². The first-order valence-electron chi connectivity index (χ1n) is 11.3. The first-order chi connectivity index (χ1) is 15.7. The average Bonchev–Trinajstić information content (AvgIpc) is 2.73. The van der Waals surface area contributed by atoms with Crippen LogP contribution in [0.15, 0.2) is 36.4 Å². The zero-order valence-corrected chi connectivity index (χ0v) is 20.8. The molecule has 8 heteroatoms. The normalized spacial score (nSPS) is 13.2. The van der Waals surface area contributed by atoms with E-state index < -0.39 is 0 Å². The number of ketones is 2. The Bertz CT molecular complexity index is 1070. The summed E-state index contributed by atoms with van der Waals surface area (Å²) in [5.74, 6) is -0.867. The van der Waals surface area contributed by atoms with Crippen LogP contribution in [0.2, 0.25) is 0 Å². The number of carbonyl (C=O) groups excluding carboxylic acids is 4. The molecular formula is C26H34N4O4+2. The van der Waals surface area contributed by atoms with E-state index in [1.807, 2.05) is 42.3 Å². The molecule has 1 aliphatic rings. The number of nitrogens with one attached hydrogen (secondary N) is 2. The van der Waals surface area contributed by atoms with Crippen molar-refractivity contribution in [2.24, 2.45) is 0 Å². The second-order valence-electron chi connectivity index (χ2n) is 10.8. The van der Waals surface area contributed by atoms with Crippen LogP contribution in [0.3, 0.4) is 0 Å². The van der Waals surface area contributed by atoms with Gasteiger partial charge in [-0.2, -0.15) is 0 Å². The SMILES string of the molecule is C[N+](C)(C)CCC(=O)Nc1ccc2c(c1)C(=O)c1cc(NC(=O)CC[N+](C)(C)C)ccc1C2=O. The Kier molecular flexibility index (Phi) is 7.05. The lowest BCUT2D eigenvalue weighted by molar-refractivity contribution is -0.869.